The van der Waals surface area contributed by atoms with Crippen LogP contribution in [0.2, 0.25) is 0 Å². The molecule has 0 unspecified atom stereocenters. The standard InChI is InChI=1S/C8H12N4/c1-8(4-5-8)10-7-3-2-6(9)11-12-7/h2-3H,4-5H2,1H3,(H2,9,11)(H,10,12). The summed E-state index contributed by atoms with van der Waals surface area (Å²) in [6.45, 7) is 2.17. The van der Waals surface area contributed by atoms with E-state index in [9.17, 15) is 0 Å². The van der Waals surface area contributed by atoms with Crippen molar-refractivity contribution >= 4 is 11.6 Å². The van der Waals surface area contributed by atoms with Crippen molar-refractivity contribution < 1.29 is 0 Å². The van der Waals surface area contributed by atoms with Crippen LogP contribution >= 0.6 is 0 Å². The minimum absolute atomic E-state index is 0.255. The van der Waals surface area contributed by atoms with Crippen molar-refractivity contribution in [2.45, 2.75) is 25.3 Å². The molecule has 1 aliphatic carbocycles. The van der Waals surface area contributed by atoms with Gasteiger partial charge in [0.15, 0.2) is 0 Å². The molecule has 4 nitrogen and oxygen atoms in total. The first-order valence-corrected chi connectivity index (χ1v) is 4.05. The van der Waals surface area contributed by atoms with Crippen LogP contribution in [0.1, 0.15) is 19.8 Å². The van der Waals surface area contributed by atoms with Crippen LogP contribution in [-0.2, 0) is 0 Å². The van der Waals surface area contributed by atoms with Gasteiger partial charge >= 0.3 is 0 Å². The van der Waals surface area contributed by atoms with Crippen molar-refractivity contribution in [3.05, 3.63) is 12.1 Å². The quantitative estimate of drug-likeness (QED) is 0.685. The third kappa shape index (κ3) is 1.47. The first kappa shape index (κ1) is 7.34. The minimum Gasteiger partial charge on any atom is -0.382 e. The summed E-state index contributed by atoms with van der Waals surface area (Å²) < 4.78 is 0. The van der Waals surface area contributed by atoms with E-state index in [2.05, 4.69) is 22.4 Å². The Kier molecular flexibility index (Phi) is 1.43. The lowest BCUT2D eigenvalue weighted by Gasteiger charge is -2.10. The van der Waals surface area contributed by atoms with E-state index in [-0.39, 0.29) is 5.54 Å². The van der Waals surface area contributed by atoms with E-state index in [0.29, 0.717) is 5.82 Å². The number of nitrogen functional groups attached to an aromatic ring is 1. The molecular formula is C8H12N4. The van der Waals surface area contributed by atoms with Crippen molar-refractivity contribution in [3.63, 3.8) is 0 Å². The van der Waals surface area contributed by atoms with Gasteiger partial charge in [-0.3, -0.25) is 0 Å². The fourth-order valence-electron chi connectivity index (χ4n) is 1.03. The van der Waals surface area contributed by atoms with E-state index in [4.69, 9.17) is 5.73 Å². The van der Waals surface area contributed by atoms with Gasteiger partial charge in [0.05, 0.1) is 0 Å². The molecule has 0 amide bonds. The predicted octanol–water partition coefficient (Wildman–Crippen LogP) is 1.02. The highest BCUT2D eigenvalue weighted by Gasteiger charge is 2.37. The number of aromatic nitrogens is 2. The second-order valence-corrected chi connectivity index (χ2v) is 3.53. The molecule has 2 rings (SSSR count). The Morgan fingerprint density at radius 1 is 1.42 bits per heavy atom. The van der Waals surface area contributed by atoms with Gasteiger partial charge < -0.3 is 11.1 Å². The zero-order valence-electron chi connectivity index (χ0n) is 7.04. The maximum Gasteiger partial charge on any atom is 0.149 e. The van der Waals surface area contributed by atoms with Crippen LogP contribution in [0.3, 0.4) is 0 Å². The molecule has 0 spiro atoms. The van der Waals surface area contributed by atoms with Crippen LogP contribution in [-0.4, -0.2) is 15.7 Å². The van der Waals surface area contributed by atoms with Crippen LogP contribution in [0.4, 0.5) is 11.6 Å². The molecule has 0 atom stereocenters. The van der Waals surface area contributed by atoms with E-state index in [1.165, 1.54) is 12.8 Å². The molecular weight excluding hydrogens is 152 g/mol. The molecule has 1 heterocycles. The largest absolute Gasteiger partial charge is 0.382 e. The Labute approximate surface area is 71.2 Å². The van der Waals surface area contributed by atoms with Gasteiger partial charge in [0.1, 0.15) is 11.6 Å². The molecule has 1 fully saturated rings. The molecule has 0 aliphatic heterocycles. The second-order valence-electron chi connectivity index (χ2n) is 3.53. The number of rotatable bonds is 2. The Hall–Kier alpha value is -1.32. The number of hydrogen-bond acceptors (Lipinski definition) is 4. The second kappa shape index (κ2) is 2.33. The summed E-state index contributed by atoms with van der Waals surface area (Å²) in [6.07, 6.45) is 2.41. The zero-order chi connectivity index (χ0) is 8.60. The molecule has 0 bridgehead atoms. The Balaban J connectivity index is 2.08. The zero-order valence-corrected chi connectivity index (χ0v) is 7.04. The van der Waals surface area contributed by atoms with Gasteiger partial charge in [-0.2, -0.15) is 0 Å². The van der Waals surface area contributed by atoms with Gasteiger partial charge in [-0.15, -0.1) is 10.2 Å². The predicted molar refractivity (Wildman–Crippen MR) is 47.7 cm³/mol. The molecule has 0 radical (unpaired) electrons. The highest BCUT2D eigenvalue weighted by Crippen LogP contribution is 2.37. The summed E-state index contributed by atoms with van der Waals surface area (Å²) in [4.78, 5) is 0. The molecule has 0 saturated heterocycles. The molecule has 1 aromatic rings. The monoisotopic (exact) mass is 164 g/mol. The summed E-state index contributed by atoms with van der Waals surface area (Å²) in [5.74, 6) is 1.27. The summed E-state index contributed by atoms with van der Waals surface area (Å²) in [5, 5.41) is 11.0. The molecule has 1 aromatic heterocycles. The van der Waals surface area contributed by atoms with Gasteiger partial charge in [-0.25, -0.2) is 0 Å². The van der Waals surface area contributed by atoms with Crippen LogP contribution < -0.4 is 11.1 Å². The van der Waals surface area contributed by atoms with Crippen LogP contribution in [0.25, 0.3) is 0 Å². The number of nitrogens with one attached hydrogen (secondary N) is 1. The van der Waals surface area contributed by atoms with Gasteiger partial charge in [0.2, 0.25) is 0 Å². The van der Waals surface area contributed by atoms with Gasteiger partial charge in [0, 0.05) is 5.54 Å². The van der Waals surface area contributed by atoms with Gasteiger partial charge in [-0.1, -0.05) is 0 Å². The average molecular weight is 164 g/mol. The SMILES string of the molecule is CC1(Nc2ccc(N)nn2)CC1. The van der Waals surface area contributed by atoms with E-state index >= 15 is 0 Å². The van der Waals surface area contributed by atoms with Crippen molar-refractivity contribution in [1.29, 1.82) is 0 Å². The van der Waals surface area contributed by atoms with Gasteiger partial charge in [0.25, 0.3) is 0 Å². The molecule has 1 aliphatic rings. The Morgan fingerprint density at radius 3 is 2.67 bits per heavy atom. The lowest BCUT2D eigenvalue weighted by atomic mass is 10.3. The van der Waals surface area contributed by atoms with E-state index in [1.54, 1.807) is 6.07 Å². The molecule has 4 heteroatoms. The fraction of sp³-hybridized carbons (Fsp3) is 0.500. The minimum atomic E-state index is 0.255. The number of anilines is 2. The maximum atomic E-state index is 5.40. The van der Waals surface area contributed by atoms with Crippen molar-refractivity contribution in [1.82, 2.24) is 10.2 Å². The topological polar surface area (TPSA) is 63.8 Å². The first-order chi connectivity index (χ1) is 5.68. The number of nitrogens with zero attached hydrogens (tertiary/aromatic N) is 2. The van der Waals surface area contributed by atoms with Crippen LogP contribution in [0.15, 0.2) is 12.1 Å². The van der Waals surface area contributed by atoms with E-state index in [0.717, 1.165) is 5.82 Å². The van der Waals surface area contributed by atoms with E-state index < -0.39 is 0 Å². The number of hydrogen-bond donors (Lipinski definition) is 2. The smallest absolute Gasteiger partial charge is 0.149 e. The normalized spacial score (nSPS) is 18.8. The summed E-state index contributed by atoms with van der Waals surface area (Å²) in [5.41, 5.74) is 5.66. The molecule has 1 saturated carbocycles. The van der Waals surface area contributed by atoms with Gasteiger partial charge in [-0.05, 0) is 31.9 Å². The van der Waals surface area contributed by atoms with Crippen LogP contribution in [0, 0.1) is 0 Å². The molecule has 0 aromatic carbocycles. The Morgan fingerprint density at radius 2 is 2.17 bits per heavy atom. The maximum absolute atomic E-state index is 5.40. The third-order valence-corrected chi connectivity index (χ3v) is 2.12. The van der Waals surface area contributed by atoms with Crippen molar-refractivity contribution in [2.75, 3.05) is 11.1 Å². The van der Waals surface area contributed by atoms with Crippen molar-refractivity contribution in [2.24, 2.45) is 0 Å². The molecule has 12 heavy (non-hydrogen) atoms. The lowest BCUT2D eigenvalue weighted by Crippen LogP contribution is -2.17. The van der Waals surface area contributed by atoms with E-state index in [1.807, 2.05) is 6.07 Å². The summed E-state index contributed by atoms with van der Waals surface area (Å²) >= 11 is 0. The van der Waals surface area contributed by atoms with Crippen molar-refractivity contribution in [3.8, 4) is 0 Å². The van der Waals surface area contributed by atoms with Crippen LogP contribution in [0.5, 0.6) is 0 Å². The summed E-state index contributed by atoms with van der Waals surface area (Å²) in [7, 11) is 0. The highest BCUT2D eigenvalue weighted by atomic mass is 15.2. The highest BCUT2D eigenvalue weighted by molar-refractivity contribution is 5.42. The fourth-order valence-corrected chi connectivity index (χ4v) is 1.03. The third-order valence-electron chi connectivity index (χ3n) is 2.12. The average Bonchev–Trinajstić information content (AvgIpc) is 2.74. The molecule has 64 valence electrons. The lowest BCUT2D eigenvalue weighted by molar-refractivity contribution is 0.812. The molecule has 3 N–H and O–H groups in total. The number of nitrogens with two attached hydrogens (primary N) is 1. The first-order valence-electron chi connectivity index (χ1n) is 4.05. The Bertz CT molecular complexity index is 276. The summed E-state index contributed by atoms with van der Waals surface area (Å²) in [6, 6.07) is 3.60.